The third-order valence-corrected chi connectivity index (χ3v) is 3.40. The Morgan fingerprint density at radius 2 is 1.96 bits per heavy atom. The number of hydroxylamine groups is 2. The fourth-order valence-corrected chi connectivity index (χ4v) is 2.15. The highest BCUT2D eigenvalue weighted by Gasteiger charge is 2.10. The average Bonchev–Trinajstić information content (AvgIpc) is 2.52. The maximum atomic E-state index is 13.8. The highest BCUT2D eigenvalue weighted by atomic mass is 19.1. The first-order chi connectivity index (χ1) is 10.9. The van der Waals surface area contributed by atoms with E-state index in [-0.39, 0.29) is 0 Å². The molecule has 0 heterocycles. The van der Waals surface area contributed by atoms with Crippen molar-refractivity contribution in [3.05, 3.63) is 65.7 Å². The van der Waals surface area contributed by atoms with Crippen molar-refractivity contribution in [3.63, 3.8) is 0 Å². The van der Waals surface area contributed by atoms with Crippen molar-refractivity contribution >= 4 is 12.0 Å². The number of carbonyl (C=O) groups excluding carboxylic acids is 1. The number of hydrogen-bond acceptors (Lipinski definition) is 2. The maximum absolute atomic E-state index is 13.8. The Balaban J connectivity index is 2.25. The lowest BCUT2D eigenvalue weighted by atomic mass is 10.0. The second kappa shape index (κ2) is 7.15. The Kier molecular flexibility index (Phi) is 5.24. The van der Waals surface area contributed by atoms with Crippen LogP contribution in [0.3, 0.4) is 0 Å². The zero-order chi connectivity index (χ0) is 17.0. The van der Waals surface area contributed by atoms with E-state index in [0.29, 0.717) is 16.2 Å². The van der Waals surface area contributed by atoms with Crippen LogP contribution in [0.5, 0.6) is 0 Å². The fourth-order valence-electron chi connectivity index (χ4n) is 2.15. The van der Waals surface area contributed by atoms with Crippen molar-refractivity contribution < 1.29 is 18.8 Å². The molecule has 3 nitrogen and oxygen atoms in total. The zero-order valence-corrected chi connectivity index (χ0v) is 12.8. The van der Waals surface area contributed by atoms with Gasteiger partial charge in [-0.15, -0.1) is 0 Å². The zero-order valence-electron chi connectivity index (χ0n) is 12.8. The Labute approximate surface area is 133 Å². The van der Waals surface area contributed by atoms with Crippen LogP contribution in [0.2, 0.25) is 0 Å². The van der Waals surface area contributed by atoms with E-state index in [1.54, 1.807) is 37.3 Å². The van der Waals surface area contributed by atoms with Crippen LogP contribution in [0.25, 0.3) is 17.2 Å². The number of benzene rings is 2. The Morgan fingerprint density at radius 1 is 1.22 bits per heavy atom. The summed E-state index contributed by atoms with van der Waals surface area (Å²) in [4.78, 5) is 11.1. The molecule has 1 amide bonds. The lowest BCUT2D eigenvalue weighted by molar-refractivity contribution is -0.167. The second-order valence-electron chi connectivity index (χ2n) is 5.21. The molecule has 2 aromatic carbocycles. The van der Waals surface area contributed by atoms with Gasteiger partial charge in [0.25, 0.3) is 0 Å². The van der Waals surface area contributed by atoms with Crippen LogP contribution in [0.1, 0.15) is 19.4 Å². The predicted molar refractivity (Wildman–Crippen MR) is 84.6 cm³/mol. The molecular formula is C18H17F2NO2. The van der Waals surface area contributed by atoms with E-state index in [1.807, 2.05) is 6.07 Å². The lowest BCUT2D eigenvalue weighted by Crippen LogP contribution is -2.32. The number of nitrogens with zero attached hydrogens (tertiary/aromatic N) is 1. The van der Waals surface area contributed by atoms with Gasteiger partial charge in [0.05, 0.1) is 6.04 Å². The van der Waals surface area contributed by atoms with Gasteiger partial charge in [0.15, 0.2) is 0 Å². The van der Waals surface area contributed by atoms with Gasteiger partial charge in [-0.05, 0) is 36.2 Å². The molecule has 23 heavy (non-hydrogen) atoms. The molecule has 2 aromatic rings. The van der Waals surface area contributed by atoms with E-state index in [4.69, 9.17) is 0 Å². The number of rotatable bonds is 4. The van der Waals surface area contributed by atoms with Gasteiger partial charge in [-0.25, -0.2) is 13.8 Å². The van der Waals surface area contributed by atoms with Crippen LogP contribution in [0, 0.1) is 11.6 Å². The Morgan fingerprint density at radius 3 is 2.61 bits per heavy atom. The molecule has 0 radical (unpaired) electrons. The molecule has 5 heteroatoms. The maximum Gasteiger partial charge on any atom is 0.243 e. The summed E-state index contributed by atoms with van der Waals surface area (Å²) < 4.78 is 26.8. The van der Waals surface area contributed by atoms with E-state index in [0.717, 1.165) is 11.6 Å². The van der Waals surface area contributed by atoms with E-state index in [1.165, 1.54) is 19.1 Å². The number of hydrogen-bond donors (Lipinski definition) is 1. The molecule has 0 aliphatic rings. The van der Waals surface area contributed by atoms with Crippen molar-refractivity contribution in [3.8, 4) is 11.1 Å². The van der Waals surface area contributed by atoms with Crippen molar-refractivity contribution in [1.29, 1.82) is 0 Å². The van der Waals surface area contributed by atoms with Gasteiger partial charge >= 0.3 is 0 Å². The van der Waals surface area contributed by atoms with Gasteiger partial charge in [0.1, 0.15) is 11.6 Å². The molecule has 0 saturated heterocycles. The summed E-state index contributed by atoms with van der Waals surface area (Å²) >= 11 is 0. The van der Waals surface area contributed by atoms with E-state index >= 15 is 0 Å². The number of carbonyl (C=O) groups is 1. The third-order valence-electron chi connectivity index (χ3n) is 3.40. The summed E-state index contributed by atoms with van der Waals surface area (Å²) in [6.07, 6.45) is 3.38. The first-order valence-electron chi connectivity index (χ1n) is 7.11. The van der Waals surface area contributed by atoms with Crippen molar-refractivity contribution in [2.24, 2.45) is 0 Å². The first-order valence-corrected chi connectivity index (χ1v) is 7.11. The third kappa shape index (κ3) is 4.23. The largest absolute Gasteiger partial charge is 0.285 e. The summed E-state index contributed by atoms with van der Waals surface area (Å²) in [6, 6.07) is 9.99. The summed E-state index contributed by atoms with van der Waals surface area (Å²) in [5.41, 5.74) is 1.70. The molecule has 0 bridgehead atoms. The summed E-state index contributed by atoms with van der Waals surface area (Å²) in [5.74, 6) is -1.70. The van der Waals surface area contributed by atoms with Crippen LogP contribution >= 0.6 is 0 Å². The number of halogens is 2. The van der Waals surface area contributed by atoms with E-state index in [9.17, 15) is 18.8 Å². The molecule has 0 aliphatic heterocycles. The average molecular weight is 317 g/mol. The molecular weight excluding hydrogens is 300 g/mol. The van der Waals surface area contributed by atoms with Crippen LogP contribution < -0.4 is 0 Å². The SMILES string of the molecule is CC(=O)N(O)[C@@H](C)/C=C/c1cccc(-c2ccc(F)cc2F)c1. The molecule has 1 atom stereocenters. The van der Waals surface area contributed by atoms with Gasteiger partial charge in [-0.2, -0.15) is 0 Å². The second-order valence-corrected chi connectivity index (χ2v) is 5.21. The molecule has 0 aliphatic carbocycles. The normalized spacial score (nSPS) is 12.4. The van der Waals surface area contributed by atoms with Crippen LogP contribution in [0.4, 0.5) is 8.78 Å². The van der Waals surface area contributed by atoms with E-state index in [2.05, 4.69) is 0 Å². The van der Waals surface area contributed by atoms with Crippen LogP contribution in [0.15, 0.2) is 48.5 Å². The standard InChI is InChI=1S/C18H17F2NO2/c1-12(21(23)13(2)22)6-7-14-4-3-5-15(10-14)17-9-8-16(19)11-18(17)20/h3-12,23H,1-2H3/b7-6+/t12-/m0/s1. The molecule has 0 aromatic heterocycles. The summed E-state index contributed by atoms with van der Waals surface area (Å²) in [6.45, 7) is 2.93. The van der Waals surface area contributed by atoms with Gasteiger partial charge in [-0.3, -0.25) is 10.0 Å². The monoisotopic (exact) mass is 317 g/mol. The smallest absolute Gasteiger partial charge is 0.243 e. The topological polar surface area (TPSA) is 40.5 Å². The van der Waals surface area contributed by atoms with Gasteiger partial charge in [-0.1, -0.05) is 30.4 Å². The lowest BCUT2D eigenvalue weighted by Gasteiger charge is -2.17. The minimum Gasteiger partial charge on any atom is -0.285 e. The minimum absolute atomic E-state index is 0.308. The molecule has 2 rings (SSSR count). The van der Waals surface area contributed by atoms with E-state index < -0.39 is 23.6 Å². The first kappa shape index (κ1) is 16.8. The molecule has 1 N–H and O–H groups in total. The predicted octanol–water partition coefficient (Wildman–Crippen LogP) is 4.27. The number of amides is 1. The molecule has 0 fully saturated rings. The van der Waals surface area contributed by atoms with Gasteiger partial charge < -0.3 is 0 Å². The van der Waals surface area contributed by atoms with Crippen LogP contribution in [-0.2, 0) is 4.79 Å². The van der Waals surface area contributed by atoms with Gasteiger partial charge in [0, 0.05) is 18.6 Å². The highest BCUT2D eigenvalue weighted by molar-refractivity contribution is 5.73. The Hall–Kier alpha value is -2.53. The summed E-state index contributed by atoms with van der Waals surface area (Å²) in [7, 11) is 0. The van der Waals surface area contributed by atoms with Crippen LogP contribution in [-0.4, -0.2) is 22.2 Å². The Bertz CT molecular complexity index is 744. The summed E-state index contributed by atoms with van der Waals surface area (Å²) in [5, 5.41) is 10.1. The fraction of sp³-hybridized carbons (Fsp3) is 0.167. The molecule has 0 unspecified atom stereocenters. The molecule has 120 valence electrons. The molecule has 0 spiro atoms. The van der Waals surface area contributed by atoms with Crippen molar-refractivity contribution in [1.82, 2.24) is 5.06 Å². The highest BCUT2D eigenvalue weighted by Crippen LogP contribution is 2.24. The molecule has 0 saturated carbocycles. The minimum atomic E-state index is -0.627. The van der Waals surface area contributed by atoms with Crippen molar-refractivity contribution in [2.75, 3.05) is 0 Å². The quantitative estimate of drug-likeness (QED) is 0.676. The van der Waals surface area contributed by atoms with Crippen molar-refractivity contribution in [2.45, 2.75) is 19.9 Å². The van der Waals surface area contributed by atoms with Gasteiger partial charge in [0.2, 0.25) is 5.91 Å².